The molecule has 0 bridgehead atoms. The van der Waals surface area contributed by atoms with E-state index in [4.69, 9.17) is 10.2 Å². The highest BCUT2D eigenvalue weighted by atomic mass is 32.2. The molecule has 4 rings (SSSR count). The molecule has 7 nitrogen and oxygen atoms in total. The van der Waals surface area contributed by atoms with Crippen molar-refractivity contribution in [1.29, 1.82) is 0 Å². The molecular formula is C13H10N6OS. The molecule has 0 atom stereocenters. The predicted molar refractivity (Wildman–Crippen MR) is 78.8 cm³/mol. The number of oxazole rings is 1. The Balaban J connectivity index is 1.79. The van der Waals surface area contributed by atoms with Crippen LogP contribution in [0.25, 0.3) is 22.1 Å². The average molecular weight is 298 g/mol. The minimum absolute atomic E-state index is 0.513. The van der Waals surface area contributed by atoms with Gasteiger partial charge in [-0.05, 0) is 23.9 Å². The maximum absolute atomic E-state index is 5.74. The van der Waals surface area contributed by atoms with Crippen LogP contribution in [-0.4, -0.2) is 24.7 Å². The van der Waals surface area contributed by atoms with Crippen molar-refractivity contribution >= 4 is 39.6 Å². The van der Waals surface area contributed by atoms with Gasteiger partial charge in [0, 0.05) is 18.8 Å². The highest BCUT2D eigenvalue weighted by Crippen LogP contribution is 2.32. The molecule has 0 aliphatic rings. The summed E-state index contributed by atoms with van der Waals surface area (Å²) in [5.41, 5.74) is 8.58. The normalized spacial score (nSPS) is 11.5. The summed E-state index contributed by atoms with van der Waals surface area (Å²) in [6, 6.07) is 5.38. The van der Waals surface area contributed by atoms with E-state index in [0.717, 1.165) is 21.6 Å². The maximum Gasteiger partial charge on any atom is 0.263 e. The number of hydrogen-bond acceptors (Lipinski definition) is 7. The highest BCUT2D eigenvalue weighted by Gasteiger charge is 2.13. The fourth-order valence-electron chi connectivity index (χ4n) is 2.07. The van der Waals surface area contributed by atoms with Gasteiger partial charge >= 0.3 is 0 Å². The van der Waals surface area contributed by atoms with E-state index in [1.54, 1.807) is 23.0 Å². The van der Waals surface area contributed by atoms with Crippen molar-refractivity contribution in [2.75, 3.05) is 5.73 Å². The van der Waals surface area contributed by atoms with Crippen LogP contribution in [0.2, 0.25) is 0 Å². The number of aromatic nitrogens is 5. The molecule has 2 N–H and O–H groups in total. The first-order valence-corrected chi connectivity index (χ1v) is 6.99. The molecule has 0 radical (unpaired) electrons. The van der Waals surface area contributed by atoms with E-state index in [2.05, 4.69) is 20.1 Å². The van der Waals surface area contributed by atoms with Gasteiger partial charge in [0.2, 0.25) is 0 Å². The number of aryl methyl sites for hydroxylation is 1. The van der Waals surface area contributed by atoms with Crippen LogP contribution >= 0.6 is 11.8 Å². The van der Waals surface area contributed by atoms with Crippen LogP contribution in [0, 0.1) is 0 Å². The molecule has 0 amide bonds. The lowest BCUT2D eigenvalue weighted by Gasteiger charge is -1.97. The lowest BCUT2D eigenvalue weighted by molar-refractivity contribution is 0.489. The summed E-state index contributed by atoms with van der Waals surface area (Å²) in [6.07, 6.45) is 3.24. The highest BCUT2D eigenvalue weighted by molar-refractivity contribution is 7.99. The number of fused-ring (bicyclic) bond motifs is 2. The van der Waals surface area contributed by atoms with Crippen molar-refractivity contribution in [3.63, 3.8) is 0 Å². The number of nitrogens with two attached hydrogens (primary N) is 1. The molecule has 4 aromatic rings. The van der Waals surface area contributed by atoms with E-state index in [-0.39, 0.29) is 0 Å². The van der Waals surface area contributed by atoms with Crippen LogP contribution in [0.5, 0.6) is 0 Å². The molecule has 3 aromatic heterocycles. The molecule has 8 heteroatoms. The minimum Gasteiger partial charge on any atom is -0.431 e. The number of hydrogen-bond donors (Lipinski definition) is 1. The van der Waals surface area contributed by atoms with Gasteiger partial charge in [-0.2, -0.15) is 5.10 Å². The molecule has 3 heterocycles. The van der Waals surface area contributed by atoms with Crippen LogP contribution in [0.4, 0.5) is 5.69 Å². The third kappa shape index (κ3) is 2.00. The lowest BCUT2D eigenvalue weighted by Crippen LogP contribution is -1.92. The molecule has 0 spiro atoms. The van der Waals surface area contributed by atoms with Crippen LogP contribution in [-0.2, 0) is 7.05 Å². The summed E-state index contributed by atoms with van der Waals surface area (Å²) < 4.78 is 7.39. The summed E-state index contributed by atoms with van der Waals surface area (Å²) >= 11 is 1.34. The first-order chi connectivity index (χ1) is 10.2. The fourth-order valence-corrected chi connectivity index (χ4v) is 2.86. The van der Waals surface area contributed by atoms with Crippen LogP contribution in [0.15, 0.2) is 45.4 Å². The van der Waals surface area contributed by atoms with Crippen LogP contribution in [0.3, 0.4) is 0 Å². The van der Waals surface area contributed by atoms with E-state index in [9.17, 15) is 0 Å². The molecule has 0 aliphatic carbocycles. The SMILES string of the molecule is Cn1ncc2c(Sc3nc4ccc(N)cc4o3)ncnc21. The number of nitrogen functional groups attached to an aromatic ring is 1. The summed E-state index contributed by atoms with van der Waals surface area (Å²) in [6.45, 7) is 0. The van der Waals surface area contributed by atoms with E-state index >= 15 is 0 Å². The number of benzene rings is 1. The zero-order chi connectivity index (χ0) is 14.4. The van der Waals surface area contributed by atoms with Crippen molar-refractivity contribution in [2.45, 2.75) is 10.2 Å². The van der Waals surface area contributed by atoms with E-state index < -0.39 is 0 Å². The van der Waals surface area contributed by atoms with Gasteiger partial charge in [-0.15, -0.1) is 0 Å². The minimum atomic E-state index is 0.513. The van der Waals surface area contributed by atoms with E-state index in [1.807, 2.05) is 13.1 Å². The van der Waals surface area contributed by atoms with Crippen molar-refractivity contribution in [2.24, 2.45) is 7.05 Å². The fraction of sp³-hybridized carbons (Fsp3) is 0.0769. The van der Waals surface area contributed by atoms with Gasteiger partial charge in [0.25, 0.3) is 5.22 Å². The Kier molecular flexibility index (Phi) is 2.58. The van der Waals surface area contributed by atoms with Gasteiger partial charge in [-0.25, -0.2) is 15.0 Å². The molecule has 21 heavy (non-hydrogen) atoms. The van der Waals surface area contributed by atoms with Gasteiger partial charge in [-0.3, -0.25) is 4.68 Å². The van der Waals surface area contributed by atoms with Crippen LogP contribution < -0.4 is 5.73 Å². The molecule has 1 aromatic carbocycles. The van der Waals surface area contributed by atoms with Gasteiger partial charge in [0.15, 0.2) is 11.2 Å². The first-order valence-electron chi connectivity index (χ1n) is 6.17. The molecule has 0 saturated heterocycles. The van der Waals surface area contributed by atoms with Gasteiger partial charge in [0.1, 0.15) is 16.9 Å². The predicted octanol–water partition coefficient (Wildman–Crippen LogP) is 2.24. The van der Waals surface area contributed by atoms with Gasteiger partial charge < -0.3 is 10.2 Å². The Bertz CT molecular complexity index is 960. The summed E-state index contributed by atoms with van der Waals surface area (Å²) in [5, 5.41) is 6.32. The van der Waals surface area contributed by atoms with Crippen molar-refractivity contribution in [3.8, 4) is 0 Å². The Morgan fingerprint density at radius 2 is 2.19 bits per heavy atom. The standard InChI is InChI=1S/C13H10N6OS/c1-19-11-8(5-17-19)12(16-6-15-11)21-13-18-9-3-2-7(14)4-10(9)20-13/h2-6H,14H2,1H3. The zero-order valence-corrected chi connectivity index (χ0v) is 11.8. The molecule has 0 unspecified atom stereocenters. The van der Waals surface area contributed by atoms with Gasteiger partial charge in [0.05, 0.1) is 11.6 Å². The Labute approximate surface area is 123 Å². The van der Waals surface area contributed by atoms with Gasteiger partial charge in [-0.1, -0.05) is 0 Å². The number of nitrogens with zero attached hydrogens (tertiary/aromatic N) is 5. The molecular weight excluding hydrogens is 288 g/mol. The maximum atomic E-state index is 5.74. The van der Waals surface area contributed by atoms with Crippen LogP contribution in [0.1, 0.15) is 0 Å². The third-order valence-corrected chi connectivity index (χ3v) is 3.94. The second-order valence-electron chi connectivity index (χ2n) is 4.49. The Morgan fingerprint density at radius 3 is 3.10 bits per heavy atom. The van der Waals surface area contributed by atoms with Crippen molar-refractivity contribution < 1.29 is 4.42 Å². The Morgan fingerprint density at radius 1 is 1.29 bits per heavy atom. The molecule has 0 fully saturated rings. The summed E-state index contributed by atoms with van der Waals surface area (Å²) in [4.78, 5) is 12.9. The lowest BCUT2D eigenvalue weighted by atomic mass is 10.3. The molecule has 104 valence electrons. The topological polar surface area (TPSA) is 95.7 Å². The largest absolute Gasteiger partial charge is 0.431 e. The van der Waals surface area contributed by atoms with E-state index in [0.29, 0.717) is 16.5 Å². The average Bonchev–Trinajstić information content (AvgIpc) is 3.03. The second kappa shape index (κ2) is 4.45. The smallest absolute Gasteiger partial charge is 0.263 e. The molecule has 0 saturated carbocycles. The summed E-state index contributed by atoms with van der Waals surface area (Å²) in [7, 11) is 1.84. The monoisotopic (exact) mass is 298 g/mol. The van der Waals surface area contributed by atoms with Crippen molar-refractivity contribution in [1.82, 2.24) is 24.7 Å². The van der Waals surface area contributed by atoms with Crippen molar-refractivity contribution in [3.05, 3.63) is 30.7 Å². The quantitative estimate of drug-likeness (QED) is 0.448. The second-order valence-corrected chi connectivity index (χ2v) is 5.43. The zero-order valence-electron chi connectivity index (χ0n) is 11.0. The van der Waals surface area contributed by atoms with E-state index in [1.165, 1.54) is 18.1 Å². The first kappa shape index (κ1) is 12.2. The molecule has 0 aliphatic heterocycles. The third-order valence-electron chi connectivity index (χ3n) is 3.07. The summed E-state index contributed by atoms with van der Waals surface area (Å²) in [5.74, 6) is 0. The number of rotatable bonds is 2. The number of anilines is 1. The Hall–Kier alpha value is -2.61.